The Labute approximate surface area is 181 Å². The minimum absolute atomic E-state index is 0.00693. The highest BCUT2D eigenvalue weighted by Crippen LogP contribution is 2.55. The fourth-order valence-electron chi connectivity index (χ4n) is 5.39. The van der Waals surface area contributed by atoms with E-state index in [-0.39, 0.29) is 28.9 Å². The van der Waals surface area contributed by atoms with Crippen LogP contribution in [0.4, 0.5) is 0 Å². The molecule has 1 N–H and O–H groups in total. The molecular formula is C23H28ClN3O3. The first-order valence-corrected chi connectivity index (χ1v) is 11.0. The molecule has 0 radical (unpaired) electrons. The van der Waals surface area contributed by atoms with Gasteiger partial charge in [-0.2, -0.15) is 5.10 Å². The molecule has 1 aromatic carbocycles. The lowest BCUT2D eigenvalue weighted by atomic mass is 9.64. The minimum atomic E-state index is -0.349. The van der Waals surface area contributed by atoms with Crippen LogP contribution in [-0.4, -0.2) is 46.3 Å². The van der Waals surface area contributed by atoms with E-state index in [1.807, 2.05) is 30.0 Å². The topological polar surface area (TPSA) is 67.5 Å². The summed E-state index contributed by atoms with van der Waals surface area (Å²) in [6.45, 7) is 10.3. The molecule has 3 aliphatic rings. The number of halogens is 1. The largest absolute Gasteiger partial charge is 0.487 e. The summed E-state index contributed by atoms with van der Waals surface area (Å²) >= 11 is 6.25. The second-order valence-electron chi connectivity index (χ2n) is 9.62. The number of hydrogen-bond acceptors (Lipinski definition) is 4. The van der Waals surface area contributed by atoms with Gasteiger partial charge in [-0.25, -0.2) is 0 Å². The van der Waals surface area contributed by atoms with Crippen molar-refractivity contribution in [3.8, 4) is 5.75 Å². The molecule has 5 rings (SSSR count). The van der Waals surface area contributed by atoms with Gasteiger partial charge in [0, 0.05) is 46.3 Å². The van der Waals surface area contributed by atoms with Gasteiger partial charge in [0.05, 0.1) is 12.7 Å². The maximum Gasteiger partial charge on any atom is 0.274 e. The average Bonchev–Trinajstić information content (AvgIpc) is 3.06. The Morgan fingerprint density at radius 2 is 2.13 bits per heavy atom. The number of aromatic nitrogens is 2. The number of likely N-dealkylation sites (tertiary alicyclic amines) is 1. The molecule has 2 fully saturated rings. The third-order valence-electron chi connectivity index (χ3n) is 7.14. The molecule has 3 aliphatic heterocycles. The molecule has 0 aliphatic carbocycles. The summed E-state index contributed by atoms with van der Waals surface area (Å²) in [5, 5.41) is 7.95. The molecule has 0 bridgehead atoms. The Morgan fingerprint density at radius 3 is 2.83 bits per heavy atom. The Kier molecular flexibility index (Phi) is 4.46. The SMILES string of the molecule is CCc1[nH]nc(C(=O)N2CC3(CO[C@@H]4c5cc(Cl)ccc5OC(C)(C)[C@H]4C3)C2)c1C. The number of amides is 1. The van der Waals surface area contributed by atoms with Crippen molar-refractivity contribution in [1.82, 2.24) is 15.1 Å². The summed E-state index contributed by atoms with van der Waals surface area (Å²) in [6, 6.07) is 5.76. The Morgan fingerprint density at radius 1 is 1.37 bits per heavy atom. The van der Waals surface area contributed by atoms with Crippen molar-refractivity contribution in [2.45, 2.75) is 52.2 Å². The van der Waals surface area contributed by atoms with Crippen LogP contribution < -0.4 is 4.74 Å². The van der Waals surface area contributed by atoms with Crippen LogP contribution in [0.5, 0.6) is 5.75 Å². The van der Waals surface area contributed by atoms with Crippen LogP contribution in [0.3, 0.4) is 0 Å². The zero-order valence-corrected chi connectivity index (χ0v) is 18.7. The lowest BCUT2D eigenvalue weighted by Gasteiger charge is -2.58. The van der Waals surface area contributed by atoms with Crippen molar-refractivity contribution in [3.05, 3.63) is 45.7 Å². The minimum Gasteiger partial charge on any atom is -0.487 e. The number of aromatic amines is 1. The summed E-state index contributed by atoms with van der Waals surface area (Å²) in [7, 11) is 0. The highest BCUT2D eigenvalue weighted by molar-refractivity contribution is 6.30. The highest BCUT2D eigenvalue weighted by atomic mass is 35.5. The fraction of sp³-hybridized carbons (Fsp3) is 0.565. The van der Waals surface area contributed by atoms with E-state index in [2.05, 4.69) is 31.0 Å². The van der Waals surface area contributed by atoms with Crippen LogP contribution in [0.1, 0.15) is 60.6 Å². The summed E-state index contributed by atoms with van der Waals surface area (Å²) in [5.41, 5.74) is 3.19. The van der Waals surface area contributed by atoms with E-state index in [1.54, 1.807) is 0 Å². The smallest absolute Gasteiger partial charge is 0.274 e. The summed E-state index contributed by atoms with van der Waals surface area (Å²) in [4.78, 5) is 14.9. The predicted octanol–water partition coefficient (Wildman–Crippen LogP) is 4.32. The number of nitrogens with zero attached hydrogens (tertiary/aromatic N) is 2. The van der Waals surface area contributed by atoms with Gasteiger partial charge >= 0.3 is 0 Å². The molecule has 0 unspecified atom stereocenters. The molecule has 4 heterocycles. The van der Waals surface area contributed by atoms with E-state index in [9.17, 15) is 4.79 Å². The van der Waals surface area contributed by atoms with Gasteiger partial charge in [0.15, 0.2) is 5.69 Å². The molecule has 30 heavy (non-hydrogen) atoms. The van der Waals surface area contributed by atoms with Gasteiger partial charge in [0.25, 0.3) is 5.91 Å². The van der Waals surface area contributed by atoms with Gasteiger partial charge < -0.3 is 14.4 Å². The fourth-order valence-corrected chi connectivity index (χ4v) is 5.57. The van der Waals surface area contributed by atoms with Gasteiger partial charge in [-0.1, -0.05) is 18.5 Å². The highest BCUT2D eigenvalue weighted by Gasteiger charge is 2.56. The number of aryl methyl sites for hydroxylation is 1. The second kappa shape index (κ2) is 6.72. The number of nitrogens with one attached hydrogen (secondary N) is 1. The molecule has 7 heteroatoms. The van der Waals surface area contributed by atoms with Crippen LogP contribution in [0.25, 0.3) is 0 Å². The molecule has 2 atom stereocenters. The first-order valence-electron chi connectivity index (χ1n) is 10.7. The first kappa shape index (κ1) is 19.9. The lowest BCUT2D eigenvalue weighted by molar-refractivity contribution is -0.191. The Balaban J connectivity index is 1.34. The number of carbonyl (C=O) groups is 1. The molecule has 1 spiro atoms. The number of hydrogen-bond donors (Lipinski definition) is 1. The van der Waals surface area contributed by atoms with E-state index in [1.165, 1.54) is 0 Å². The van der Waals surface area contributed by atoms with E-state index in [4.69, 9.17) is 21.1 Å². The predicted molar refractivity (Wildman–Crippen MR) is 114 cm³/mol. The number of H-pyrrole nitrogens is 1. The summed E-state index contributed by atoms with van der Waals surface area (Å²) in [6.07, 6.45) is 1.77. The van der Waals surface area contributed by atoms with Gasteiger partial charge in [-0.05, 0) is 51.8 Å². The maximum absolute atomic E-state index is 13.0. The zero-order valence-electron chi connectivity index (χ0n) is 17.9. The van der Waals surface area contributed by atoms with Crippen molar-refractivity contribution < 1.29 is 14.3 Å². The van der Waals surface area contributed by atoms with Gasteiger partial charge in [0.1, 0.15) is 11.4 Å². The zero-order chi connectivity index (χ0) is 21.3. The molecular weight excluding hydrogens is 402 g/mol. The lowest BCUT2D eigenvalue weighted by Crippen LogP contribution is -2.65. The third kappa shape index (κ3) is 2.95. The quantitative estimate of drug-likeness (QED) is 0.771. The van der Waals surface area contributed by atoms with Crippen LogP contribution in [0.2, 0.25) is 5.02 Å². The molecule has 6 nitrogen and oxygen atoms in total. The second-order valence-corrected chi connectivity index (χ2v) is 10.1. The molecule has 0 saturated carbocycles. The van der Waals surface area contributed by atoms with Crippen molar-refractivity contribution in [1.29, 1.82) is 0 Å². The van der Waals surface area contributed by atoms with Gasteiger partial charge in [0.2, 0.25) is 0 Å². The summed E-state index contributed by atoms with van der Waals surface area (Å²) in [5.74, 6) is 1.06. The molecule has 2 aromatic rings. The van der Waals surface area contributed by atoms with E-state index < -0.39 is 0 Å². The first-order chi connectivity index (χ1) is 14.2. The van der Waals surface area contributed by atoms with Gasteiger partial charge in [-0.15, -0.1) is 0 Å². The number of ether oxygens (including phenoxy) is 2. The number of carbonyl (C=O) groups excluding carboxylic acids is 1. The number of rotatable bonds is 2. The van der Waals surface area contributed by atoms with Crippen molar-refractivity contribution in [2.24, 2.45) is 11.3 Å². The summed E-state index contributed by atoms with van der Waals surface area (Å²) < 4.78 is 12.8. The molecule has 2 saturated heterocycles. The van der Waals surface area contributed by atoms with Crippen LogP contribution in [-0.2, 0) is 11.2 Å². The standard InChI is InChI=1S/C23H28ClN3O3/c1-5-17-13(2)19(26-25-17)21(28)27-10-23(11-27)9-16-20(29-12-23)15-8-14(24)6-7-18(15)30-22(16,3)4/h6-8,16,20H,5,9-12H2,1-4H3,(H,25,26)/t16-,20+/m0/s1. The Hall–Kier alpha value is -2.05. The van der Waals surface area contributed by atoms with E-state index >= 15 is 0 Å². The molecule has 160 valence electrons. The third-order valence-corrected chi connectivity index (χ3v) is 7.37. The van der Waals surface area contributed by atoms with Crippen LogP contribution in [0.15, 0.2) is 18.2 Å². The normalized spacial score (nSPS) is 25.8. The van der Waals surface area contributed by atoms with Gasteiger partial charge in [-0.3, -0.25) is 9.89 Å². The van der Waals surface area contributed by atoms with Crippen molar-refractivity contribution >= 4 is 17.5 Å². The van der Waals surface area contributed by atoms with E-state index in [0.717, 1.165) is 35.4 Å². The van der Waals surface area contributed by atoms with Crippen LogP contribution >= 0.6 is 11.6 Å². The van der Waals surface area contributed by atoms with E-state index in [0.29, 0.717) is 30.4 Å². The van der Waals surface area contributed by atoms with Crippen molar-refractivity contribution in [2.75, 3.05) is 19.7 Å². The number of benzene rings is 1. The van der Waals surface area contributed by atoms with Crippen molar-refractivity contribution in [3.63, 3.8) is 0 Å². The molecule has 1 amide bonds. The van der Waals surface area contributed by atoms with Crippen LogP contribution in [0, 0.1) is 18.3 Å². The average molecular weight is 430 g/mol. The monoisotopic (exact) mass is 429 g/mol. The number of fused-ring (bicyclic) bond motifs is 3. The molecule has 1 aromatic heterocycles. The Bertz CT molecular complexity index is 1010. The maximum atomic E-state index is 13.0.